The molecule has 1 atom stereocenters. The van der Waals surface area contributed by atoms with Gasteiger partial charge < -0.3 is 15.0 Å². The number of sulfonamides is 1. The van der Waals surface area contributed by atoms with Gasteiger partial charge in [0, 0.05) is 28.7 Å². The Balaban J connectivity index is 2.07. The number of methoxy groups -OCH3 is 1. The van der Waals surface area contributed by atoms with Gasteiger partial charge in [-0.15, -0.1) is 0 Å². The van der Waals surface area contributed by atoms with Crippen LogP contribution >= 0.6 is 39.1 Å². The van der Waals surface area contributed by atoms with Gasteiger partial charge >= 0.3 is 0 Å². The van der Waals surface area contributed by atoms with Gasteiger partial charge in [-0.25, -0.2) is 8.42 Å². The molecular weight excluding hydrogens is 665 g/mol. The smallest absolute Gasteiger partial charge is 0.264 e. The fourth-order valence-electron chi connectivity index (χ4n) is 4.06. The highest BCUT2D eigenvalue weighted by Crippen LogP contribution is 2.32. The third kappa shape index (κ3) is 8.18. The van der Waals surface area contributed by atoms with Crippen LogP contribution in [0, 0.1) is 12.8 Å². The number of nitrogens with zero attached hydrogens (tertiary/aromatic N) is 2. The summed E-state index contributed by atoms with van der Waals surface area (Å²) < 4.78 is 34.8. The number of amides is 2. The number of hydrogen-bond donors (Lipinski definition) is 1. The third-order valence-electron chi connectivity index (χ3n) is 6.55. The minimum absolute atomic E-state index is 0.0491. The molecule has 0 radical (unpaired) electrons. The fraction of sp³-hybridized carbons (Fsp3) is 0.333. The number of rotatable bonds is 12. The molecule has 0 aliphatic heterocycles. The Morgan fingerprint density at radius 3 is 2.17 bits per heavy atom. The summed E-state index contributed by atoms with van der Waals surface area (Å²) in [6, 6.07) is 15.1. The summed E-state index contributed by atoms with van der Waals surface area (Å²) in [5, 5.41) is 3.49. The molecule has 12 heteroatoms. The second-order valence-electron chi connectivity index (χ2n) is 10.2. The van der Waals surface area contributed by atoms with E-state index in [4.69, 9.17) is 27.9 Å². The zero-order valence-corrected chi connectivity index (χ0v) is 27.9. The summed E-state index contributed by atoms with van der Waals surface area (Å²) >= 11 is 16.2. The highest BCUT2D eigenvalue weighted by atomic mass is 79.9. The molecule has 0 spiro atoms. The van der Waals surface area contributed by atoms with Gasteiger partial charge in [-0.05, 0) is 78.2 Å². The van der Waals surface area contributed by atoms with Crippen LogP contribution in [0.3, 0.4) is 0 Å². The van der Waals surface area contributed by atoms with E-state index in [0.29, 0.717) is 32.4 Å². The SMILES string of the molecule is COc1ccc(S(=O)(=O)N(CC(=O)N(Cc2c(Cl)cccc2Cl)C(C)C(=O)NCC(C)C)c2ccc(C)cc2)cc1Br. The van der Waals surface area contributed by atoms with Crippen molar-refractivity contribution >= 4 is 66.7 Å². The monoisotopic (exact) mass is 697 g/mol. The molecule has 226 valence electrons. The van der Waals surface area contributed by atoms with Crippen LogP contribution in [0.25, 0.3) is 0 Å². The summed E-state index contributed by atoms with van der Waals surface area (Å²) in [5.41, 5.74) is 1.65. The summed E-state index contributed by atoms with van der Waals surface area (Å²) in [5.74, 6) is -0.357. The molecule has 3 aromatic carbocycles. The van der Waals surface area contributed by atoms with E-state index < -0.39 is 28.5 Å². The highest BCUT2D eigenvalue weighted by Gasteiger charge is 2.33. The molecule has 0 saturated heterocycles. The van der Waals surface area contributed by atoms with Crippen LogP contribution in [-0.4, -0.2) is 51.4 Å². The first-order valence-corrected chi connectivity index (χ1v) is 16.2. The zero-order valence-electron chi connectivity index (χ0n) is 24.0. The lowest BCUT2D eigenvalue weighted by molar-refractivity contribution is -0.139. The summed E-state index contributed by atoms with van der Waals surface area (Å²) in [6.07, 6.45) is 0. The molecule has 0 bridgehead atoms. The normalized spacial score (nSPS) is 12.1. The zero-order chi connectivity index (χ0) is 31.2. The first-order chi connectivity index (χ1) is 19.8. The van der Waals surface area contributed by atoms with Crippen molar-refractivity contribution in [2.45, 2.75) is 45.2 Å². The quantitative estimate of drug-likeness (QED) is 0.234. The van der Waals surface area contributed by atoms with Crippen molar-refractivity contribution in [2.24, 2.45) is 5.92 Å². The fourth-order valence-corrected chi connectivity index (χ4v) is 6.71. The summed E-state index contributed by atoms with van der Waals surface area (Å²) in [4.78, 5) is 28.5. The second kappa shape index (κ2) is 14.6. The van der Waals surface area contributed by atoms with Crippen LogP contribution in [0.2, 0.25) is 10.0 Å². The number of halogens is 3. The number of benzene rings is 3. The van der Waals surface area contributed by atoms with E-state index in [1.54, 1.807) is 49.4 Å². The molecule has 0 aliphatic carbocycles. The number of aryl methyl sites for hydroxylation is 1. The van der Waals surface area contributed by atoms with Crippen LogP contribution in [-0.2, 0) is 26.2 Å². The van der Waals surface area contributed by atoms with Crippen molar-refractivity contribution in [3.63, 3.8) is 0 Å². The molecular formula is C30H34BrCl2N3O5S. The van der Waals surface area contributed by atoms with E-state index in [0.717, 1.165) is 9.87 Å². The molecule has 0 fully saturated rings. The second-order valence-corrected chi connectivity index (χ2v) is 13.7. The maximum atomic E-state index is 14.1. The van der Waals surface area contributed by atoms with Crippen molar-refractivity contribution in [3.8, 4) is 5.75 Å². The molecule has 0 aliphatic rings. The minimum Gasteiger partial charge on any atom is -0.496 e. The van der Waals surface area contributed by atoms with Gasteiger partial charge in [0.05, 0.1) is 22.2 Å². The van der Waals surface area contributed by atoms with Crippen molar-refractivity contribution < 1.29 is 22.7 Å². The Kier molecular flexibility index (Phi) is 11.7. The molecule has 0 saturated carbocycles. The largest absolute Gasteiger partial charge is 0.496 e. The Morgan fingerprint density at radius 2 is 1.62 bits per heavy atom. The average molecular weight is 699 g/mol. The van der Waals surface area contributed by atoms with Crippen LogP contribution < -0.4 is 14.4 Å². The predicted octanol–water partition coefficient (Wildman–Crippen LogP) is 6.46. The number of anilines is 1. The van der Waals surface area contributed by atoms with Crippen LogP contribution in [0.1, 0.15) is 31.9 Å². The molecule has 0 aromatic heterocycles. The van der Waals surface area contributed by atoms with Gasteiger partial charge in [-0.2, -0.15) is 0 Å². The Labute approximate surface area is 266 Å². The molecule has 3 rings (SSSR count). The van der Waals surface area contributed by atoms with E-state index in [1.807, 2.05) is 20.8 Å². The van der Waals surface area contributed by atoms with Gasteiger partial charge in [-0.1, -0.05) is 60.8 Å². The summed E-state index contributed by atoms with van der Waals surface area (Å²) in [6.45, 7) is 7.10. The summed E-state index contributed by atoms with van der Waals surface area (Å²) in [7, 11) is -2.78. The lowest BCUT2D eigenvalue weighted by Gasteiger charge is -2.32. The van der Waals surface area contributed by atoms with E-state index in [1.165, 1.54) is 30.2 Å². The molecule has 2 amide bonds. The number of ether oxygens (including phenoxy) is 1. The van der Waals surface area contributed by atoms with E-state index in [2.05, 4.69) is 21.2 Å². The Bertz CT molecular complexity index is 1510. The van der Waals surface area contributed by atoms with E-state index in [-0.39, 0.29) is 29.0 Å². The topological polar surface area (TPSA) is 96.0 Å². The van der Waals surface area contributed by atoms with Crippen LogP contribution in [0.4, 0.5) is 5.69 Å². The number of hydrogen-bond acceptors (Lipinski definition) is 5. The molecule has 1 N–H and O–H groups in total. The van der Waals surface area contributed by atoms with Gasteiger partial charge in [0.15, 0.2) is 0 Å². The third-order valence-corrected chi connectivity index (χ3v) is 9.65. The molecule has 0 heterocycles. The number of carbonyl (C=O) groups is 2. The molecule has 3 aromatic rings. The van der Waals surface area contributed by atoms with Crippen molar-refractivity contribution in [1.29, 1.82) is 0 Å². The van der Waals surface area contributed by atoms with Crippen LogP contribution in [0.15, 0.2) is 70.0 Å². The Morgan fingerprint density at radius 1 is 1.00 bits per heavy atom. The molecule has 1 unspecified atom stereocenters. The number of carbonyl (C=O) groups excluding carboxylic acids is 2. The molecule has 42 heavy (non-hydrogen) atoms. The van der Waals surface area contributed by atoms with Gasteiger partial charge in [0.1, 0.15) is 18.3 Å². The maximum Gasteiger partial charge on any atom is 0.264 e. The van der Waals surface area contributed by atoms with Gasteiger partial charge in [-0.3, -0.25) is 13.9 Å². The first-order valence-electron chi connectivity index (χ1n) is 13.2. The Hall–Kier alpha value is -2.79. The van der Waals surface area contributed by atoms with Crippen molar-refractivity contribution in [2.75, 3.05) is 24.5 Å². The van der Waals surface area contributed by atoms with Crippen LogP contribution in [0.5, 0.6) is 5.75 Å². The van der Waals surface area contributed by atoms with Crippen molar-refractivity contribution in [1.82, 2.24) is 10.2 Å². The first kappa shape index (κ1) is 33.7. The van der Waals surface area contributed by atoms with Gasteiger partial charge in [0.2, 0.25) is 11.8 Å². The van der Waals surface area contributed by atoms with E-state index >= 15 is 0 Å². The van der Waals surface area contributed by atoms with Crippen molar-refractivity contribution in [3.05, 3.63) is 86.3 Å². The molecule has 8 nitrogen and oxygen atoms in total. The predicted molar refractivity (Wildman–Crippen MR) is 171 cm³/mol. The van der Waals surface area contributed by atoms with E-state index in [9.17, 15) is 18.0 Å². The standard InChI is InChI=1S/C30H34BrCl2N3O5S/c1-19(2)16-34-30(38)21(4)35(17-24-26(32)7-6-8-27(24)33)29(37)18-36(22-11-9-20(3)10-12-22)42(39,40)23-13-14-28(41-5)25(31)15-23/h6-15,19,21H,16-18H2,1-5H3,(H,34,38). The maximum absolute atomic E-state index is 14.1. The average Bonchev–Trinajstić information content (AvgIpc) is 2.94. The number of nitrogens with one attached hydrogen (secondary N) is 1. The van der Waals surface area contributed by atoms with Gasteiger partial charge in [0.25, 0.3) is 10.0 Å². The lowest BCUT2D eigenvalue weighted by Crippen LogP contribution is -2.51. The minimum atomic E-state index is -4.25. The lowest BCUT2D eigenvalue weighted by atomic mass is 10.1. The highest BCUT2D eigenvalue weighted by molar-refractivity contribution is 9.10.